The van der Waals surface area contributed by atoms with Crippen molar-refractivity contribution in [3.8, 4) is 0 Å². The molecule has 0 fully saturated rings. The van der Waals surface area contributed by atoms with E-state index >= 15 is 0 Å². The van der Waals surface area contributed by atoms with Crippen molar-refractivity contribution >= 4 is 28.0 Å². The van der Waals surface area contributed by atoms with Crippen molar-refractivity contribution < 1.29 is 47.4 Å². The number of nitrogens with zero attached hydrogens (tertiary/aromatic N) is 4. The number of hydrogen-bond donors (Lipinski definition) is 3. The Morgan fingerprint density at radius 3 is 2.32 bits per heavy atom. The second-order valence-electron chi connectivity index (χ2n) is 6.17. The quantitative estimate of drug-likeness (QED) is 0.172. The van der Waals surface area contributed by atoms with Gasteiger partial charge in [-0.3, -0.25) is 9.63 Å². The first-order chi connectivity index (χ1) is 12.7. The number of aliphatic hydroxyl groups is 1. The Morgan fingerprint density at radius 1 is 1.32 bits per heavy atom. The number of azide groups is 1. The van der Waals surface area contributed by atoms with Crippen LogP contribution in [0.5, 0.6) is 0 Å². The Kier molecular flexibility index (Phi) is 9.45. The highest BCUT2D eigenvalue weighted by Crippen LogP contribution is 2.18. The van der Waals surface area contributed by atoms with E-state index < -0.39 is 59.0 Å². The number of carboxylic acids is 1. The minimum atomic E-state index is -4.49. The average Bonchev–Trinajstić information content (AvgIpc) is 2.48. The first-order valence-electron chi connectivity index (χ1n) is 7.41. The fourth-order valence-corrected chi connectivity index (χ4v) is 2.61. The number of aliphatic hydroxyl groups excluding tert-OH is 1. The van der Waals surface area contributed by atoms with Gasteiger partial charge in [-0.2, -0.15) is 4.31 Å². The number of carbonyl (C=O) groups is 3. The Labute approximate surface area is 159 Å². The summed E-state index contributed by atoms with van der Waals surface area (Å²) in [6.45, 7) is 2.40. The van der Waals surface area contributed by atoms with Gasteiger partial charge in [0.05, 0.1) is 6.26 Å². The third kappa shape index (κ3) is 9.22. The summed E-state index contributed by atoms with van der Waals surface area (Å²) in [4.78, 5) is 46.0. The van der Waals surface area contributed by atoms with Crippen LogP contribution in [-0.4, -0.2) is 78.1 Å². The SMILES string of the molecule is CC(C)(C)OC(=O)N(C(C(=O)NOCC(=O)O)C(O)CON=[N+]=[N-])S(C)(=O)=O. The van der Waals surface area contributed by atoms with E-state index in [4.69, 9.17) is 15.4 Å². The molecule has 0 heterocycles. The molecular formula is C12H21N5O10S. The molecule has 0 saturated heterocycles. The summed E-state index contributed by atoms with van der Waals surface area (Å²) < 4.78 is 29.1. The molecule has 0 aromatic heterocycles. The number of aliphatic carboxylic acids is 1. The molecule has 160 valence electrons. The lowest BCUT2D eigenvalue weighted by molar-refractivity contribution is -0.152. The van der Waals surface area contributed by atoms with E-state index in [1.807, 2.05) is 0 Å². The molecule has 28 heavy (non-hydrogen) atoms. The van der Waals surface area contributed by atoms with Crippen LogP contribution in [0.2, 0.25) is 0 Å². The molecular weight excluding hydrogens is 406 g/mol. The predicted octanol–water partition coefficient (Wildman–Crippen LogP) is -0.713. The number of hydroxylamine groups is 1. The fourth-order valence-electron chi connectivity index (χ4n) is 1.66. The Balaban J connectivity index is 5.87. The molecule has 0 spiro atoms. The number of amides is 2. The van der Waals surface area contributed by atoms with Crippen molar-refractivity contribution in [2.45, 2.75) is 38.5 Å². The van der Waals surface area contributed by atoms with Gasteiger partial charge in [-0.1, -0.05) is 0 Å². The van der Waals surface area contributed by atoms with Gasteiger partial charge < -0.3 is 19.8 Å². The molecule has 0 aliphatic heterocycles. The maximum Gasteiger partial charge on any atom is 0.424 e. The lowest BCUT2D eigenvalue weighted by Crippen LogP contribution is -2.59. The zero-order chi connectivity index (χ0) is 22.1. The van der Waals surface area contributed by atoms with E-state index in [1.54, 1.807) is 5.48 Å². The van der Waals surface area contributed by atoms with Crippen molar-refractivity contribution in [1.82, 2.24) is 9.79 Å². The molecule has 16 heteroatoms. The summed E-state index contributed by atoms with van der Waals surface area (Å²) in [6.07, 6.45) is -2.98. The lowest BCUT2D eigenvalue weighted by Gasteiger charge is -2.32. The van der Waals surface area contributed by atoms with Crippen LogP contribution in [-0.2, 0) is 34.0 Å². The molecule has 3 N–H and O–H groups in total. The summed E-state index contributed by atoms with van der Waals surface area (Å²) in [7, 11) is -4.49. The molecule has 0 bridgehead atoms. The lowest BCUT2D eigenvalue weighted by atomic mass is 10.1. The van der Waals surface area contributed by atoms with Gasteiger partial charge in [0.1, 0.15) is 23.6 Å². The fraction of sp³-hybridized carbons (Fsp3) is 0.750. The van der Waals surface area contributed by atoms with Gasteiger partial charge in [-0.25, -0.2) is 23.5 Å². The molecule has 0 saturated carbocycles. The van der Waals surface area contributed by atoms with Crippen molar-refractivity contribution in [3.05, 3.63) is 10.4 Å². The maximum atomic E-state index is 12.3. The minimum absolute atomic E-state index is 0.0676. The third-order valence-corrected chi connectivity index (χ3v) is 3.62. The number of ether oxygens (including phenoxy) is 1. The van der Waals surface area contributed by atoms with E-state index in [2.05, 4.69) is 19.9 Å². The van der Waals surface area contributed by atoms with Gasteiger partial charge in [0.2, 0.25) is 10.0 Å². The third-order valence-electron chi connectivity index (χ3n) is 2.52. The summed E-state index contributed by atoms with van der Waals surface area (Å²) in [5.41, 5.74) is 8.61. The van der Waals surface area contributed by atoms with Crippen LogP contribution in [0.3, 0.4) is 0 Å². The molecule has 0 aromatic carbocycles. The molecule has 2 atom stereocenters. The highest BCUT2D eigenvalue weighted by molar-refractivity contribution is 7.88. The first-order valence-corrected chi connectivity index (χ1v) is 9.25. The van der Waals surface area contributed by atoms with Crippen LogP contribution in [0.25, 0.3) is 10.4 Å². The zero-order valence-electron chi connectivity index (χ0n) is 15.4. The minimum Gasteiger partial charge on any atom is -0.479 e. The van der Waals surface area contributed by atoms with E-state index in [9.17, 15) is 27.9 Å². The molecule has 2 unspecified atom stereocenters. The zero-order valence-corrected chi connectivity index (χ0v) is 16.2. The van der Waals surface area contributed by atoms with E-state index in [-0.39, 0.29) is 4.31 Å². The van der Waals surface area contributed by atoms with Crippen LogP contribution in [0.4, 0.5) is 4.79 Å². The maximum absolute atomic E-state index is 12.3. The number of nitrogens with one attached hydrogen (secondary N) is 1. The van der Waals surface area contributed by atoms with E-state index in [1.165, 1.54) is 20.8 Å². The molecule has 0 aromatic rings. The topological polar surface area (TPSA) is 218 Å². The van der Waals surface area contributed by atoms with Crippen LogP contribution in [0.1, 0.15) is 20.8 Å². The Hall–Kier alpha value is -2.81. The van der Waals surface area contributed by atoms with Gasteiger partial charge in [0.15, 0.2) is 12.6 Å². The van der Waals surface area contributed by atoms with Crippen LogP contribution in [0, 0.1) is 0 Å². The standard InChI is InChI=1S/C12H21N5O10S/c1-12(2,3)27-11(22)17(28(4,23)24)9(7(18)5-26-16-15-13)10(21)14-25-6-8(19)20/h7,9,18H,5-6H2,1-4H3,(H,14,21)(H,19,20). The Bertz CT molecular complexity index is 728. The highest BCUT2D eigenvalue weighted by atomic mass is 32.2. The summed E-state index contributed by atoms with van der Waals surface area (Å²) in [5, 5.41) is 21.3. The summed E-state index contributed by atoms with van der Waals surface area (Å²) >= 11 is 0. The van der Waals surface area contributed by atoms with Crippen LogP contribution >= 0.6 is 0 Å². The van der Waals surface area contributed by atoms with E-state index in [0.717, 1.165) is 0 Å². The van der Waals surface area contributed by atoms with Gasteiger partial charge in [-0.15, -0.1) is 0 Å². The number of hydrogen-bond acceptors (Lipinski definition) is 10. The van der Waals surface area contributed by atoms with Crippen LogP contribution < -0.4 is 5.48 Å². The van der Waals surface area contributed by atoms with Crippen molar-refractivity contribution in [1.29, 1.82) is 0 Å². The van der Waals surface area contributed by atoms with Crippen LogP contribution in [0.15, 0.2) is 5.28 Å². The first kappa shape index (κ1) is 25.2. The molecule has 0 aliphatic rings. The number of sulfonamides is 1. The monoisotopic (exact) mass is 427 g/mol. The predicted molar refractivity (Wildman–Crippen MR) is 89.5 cm³/mol. The Morgan fingerprint density at radius 2 is 1.89 bits per heavy atom. The molecule has 0 radical (unpaired) electrons. The molecule has 2 amide bonds. The summed E-state index contributed by atoms with van der Waals surface area (Å²) in [5.74, 6) is -2.87. The second-order valence-corrected chi connectivity index (χ2v) is 8.03. The van der Waals surface area contributed by atoms with Crippen molar-refractivity contribution in [3.63, 3.8) is 0 Å². The smallest absolute Gasteiger partial charge is 0.424 e. The van der Waals surface area contributed by atoms with E-state index in [0.29, 0.717) is 6.26 Å². The molecule has 0 aliphatic carbocycles. The van der Waals surface area contributed by atoms with Crippen molar-refractivity contribution in [2.75, 3.05) is 19.5 Å². The molecule has 15 nitrogen and oxygen atoms in total. The largest absolute Gasteiger partial charge is 0.479 e. The molecule has 0 rings (SSSR count). The normalized spacial score (nSPS) is 13.5. The van der Waals surface area contributed by atoms with Gasteiger partial charge >= 0.3 is 12.1 Å². The van der Waals surface area contributed by atoms with Gasteiger partial charge in [0, 0.05) is 4.91 Å². The summed E-state index contributed by atoms with van der Waals surface area (Å²) in [6, 6.07) is -2.20. The van der Waals surface area contributed by atoms with Crippen molar-refractivity contribution in [2.24, 2.45) is 5.28 Å². The average molecular weight is 427 g/mol. The second kappa shape index (κ2) is 10.5. The number of rotatable bonds is 10. The van der Waals surface area contributed by atoms with Gasteiger partial charge in [0.25, 0.3) is 5.91 Å². The highest BCUT2D eigenvalue weighted by Gasteiger charge is 2.44. The number of carboxylic acid groups (broad SMARTS) is 1. The van der Waals surface area contributed by atoms with Gasteiger partial charge in [-0.05, 0) is 26.3 Å². The number of carbonyl (C=O) groups excluding carboxylic acids is 2.